The number of piperidine rings is 1. The van der Waals surface area contributed by atoms with Crippen LogP contribution in [0.25, 0.3) is 0 Å². The molecule has 0 aromatic heterocycles. The zero-order valence-corrected chi connectivity index (χ0v) is 15.0. The average molecular weight is 332 g/mol. The monoisotopic (exact) mass is 332 g/mol. The largest absolute Gasteiger partial charge is 0.497 e. The van der Waals surface area contributed by atoms with E-state index >= 15 is 0 Å². The first-order valence-corrected chi connectivity index (χ1v) is 8.73. The van der Waals surface area contributed by atoms with Crippen molar-refractivity contribution in [1.29, 1.82) is 0 Å². The van der Waals surface area contributed by atoms with Gasteiger partial charge in [-0.3, -0.25) is 9.59 Å². The van der Waals surface area contributed by atoms with Crippen molar-refractivity contribution in [2.45, 2.75) is 52.1 Å². The summed E-state index contributed by atoms with van der Waals surface area (Å²) in [4.78, 5) is 28.2. The molecule has 2 amide bonds. The Morgan fingerprint density at radius 1 is 1.25 bits per heavy atom. The lowest BCUT2D eigenvalue weighted by molar-refractivity contribution is -0.142. The first-order chi connectivity index (χ1) is 11.5. The van der Waals surface area contributed by atoms with Gasteiger partial charge in [0.25, 0.3) is 0 Å². The van der Waals surface area contributed by atoms with Gasteiger partial charge in [0.15, 0.2) is 0 Å². The minimum Gasteiger partial charge on any atom is -0.497 e. The van der Waals surface area contributed by atoms with E-state index in [0.29, 0.717) is 12.6 Å². The van der Waals surface area contributed by atoms with E-state index in [-0.39, 0.29) is 18.4 Å². The summed E-state index contributed by atoms with van der Waals surface area (Å²) in [6.07, 6.45) is 4.29. The summed E-state index contributed by atoms with van der Waals surface area (Å²) < 4.78 is 5.15. The number of carbonyl (C=O) groups excluding carboxylic acids is 2. The van der Waals surface area contributed by atoms with Crippen LogP contribution in [-0.4, -0.2) is 47.9 Å². The molecule has 5 nitrogen and oxygen atoms in total. The van der Waals surface area contributed by atoms with Crippen molar-refractivity contribution >= 4 is 11.8 Å². The van der Waals surface area contributed by atoms with Crippen LogP contribution in [0.15, 0.2) is 24.3 Å². The Bertz CT molecular complexity index is 556. The van der Waals surface area contributed by atoms with Crippen LogP contribution in [0.3, 0.4) is 0 Å². The summed E-state index contributed by atoms with van der Waals surface area (Å²) in [5.74, 6) is 0.762. The molecule has 1 aliphatic heterocycles. The summed E-state index contributed by atoms with van der Waals surface area (Å²) in [6.45, 7) is 5.04. The molecule has 1 aliphatic rings. The highest BCUT2D eigenvalue weighted by Crippen LogP contribution is 2.20. The predicted octanol–water partition coefficient (Wildman–Crippen LogP) is 2.83. The molecular weight excluding hydrogens is 304 g/mol. The van der Waals surface area contributed by atoms with Gasteiger partial charge in [0.1, 0.15) is 12.3 Å². The first kappa shape index (κ1) is 18.3. The van der Waals surface area contributed by atoms with Crippen molar-refractivity contribution in [3.63, 3.8) is 0 Å². The van der Waals surface area contributed by atoms with Crippen LogP contribution in [0.2, 0.25) is 0 Å². The Balaban J connectivity index is 2.01. The zero-order valence-electron chi connectivity index (χ0n) is 15.0. The van der Waals surface area contributed by atoms with Crippen molar-refractivity contribution in [2.24, 2.45) is 0 Å². The summed E-state index contributed by atoms with van der Waals surface area (Å²) in [5, 5.41) is 0. The number of carbonyl (C=O) groups is 2. The summed E-state index contributed by atoms with van der Waals surface area (Å²) >= 11 is 0. The number of methoxy groups -OCH3 is 1. The highest BCUT2D eigenvalue weighted by atomic mass is 16.5. The molecular formula is C19H28N2O3. The van der Waals surface area contributed by atoms with Crippen LogP contribution < -0.4 is 4.74 Å². The van der Waals surface area contributed by atoms with Crippen LogP contribution in [0.1, 0.15) is 45.1 Å². The van der Waals surface area contributed by atoms with Gasteiger partial charge in [-0.25, -0.2) is 0 Å². The molecule has 1 aromatic rings. The summed E-state index contributed by atoms with van der Waals surface area (Å²) in [7, 11) is 1.62. The smallest absolute Gasteiger partial charge is 0.242 e. The molecule has 0 spiro atoms. The predicted molar refractivity (Wildman–Crippen MR) is 93.7 cm³/mol. The Kier molecular flexibility index (Phi) is 6.64. The lowest BCUT2D eigenvalue weighted by atomic mass is 10.00. The first-order valence-electron chi connectivity index (χ1n) is 8.73. The molecule has 1 unspecified atom stereocenters. The molecule has 0 N–H and O–H groups in total. The summed E-state index contributed by atoms with van der Waals surface area (Å²) in [6, 6.07) is 7.91. The topological polar surface area (TPSA) is 49.9 Å². The molecule has 0 aliphatic carbocycles. The molecule has 1 aromatic carbocycles. The van der Waals surface area contributed by atoms with Crippen LogP contribution >= 0.6 is 0 Å². The molecule has 132 valence electrons. The second-order valence-corrected chi connectivity index (χ2v) is 6.37. The number of ether oxygens (including phenoxy) is 1. The van der Waals surface area contributed by atoms with Gasteiger partial charge >= 0.3 is 0 Å². The second kappa shape index (κ2) is 8.71. The number of nitrogens with zero attached hydrogens (tertiary/aromatic N) is 2. The fourth-order valence-corrected chi connectivity index (χ4v) is 3.24. The normalized spacial score (nSPS) is 17.5. The molecule has 5 heteroatoms. The number of hydrogen-bond donors (Lipinski definition) is 0. The van der Waals surface area contributed by atoms with Crippen LogP contribution in [-0.2, 0) is 16.1 Å². The molecule has 0 bridgehead atoms. The highest BCUT2D eigenvalue weighted by Gasteiger charge is 2.27. The van der Waals surface area contributed by atoms with Crippen molar-refractivity contribution in [1.82, 2.24) is 9.80 Å². The van der Waals surface area contributed by atoms with Crippen LogP contribution in [0.5, 0.6) is 5.75 Å². The highest BCUT2D eigenvalue weighted by molar-refractivity contribution is 5.84. The number of likely N-dealkylation sites (tertiary alicyclic amines) is 1. The number of rotatable bonds is 6. The van der Waals surface area contributed by atoms with E-state index in [0.717, 1.165) is 37.1 Å². The molecule has 1 atom stereocenters. The summed E-state index contributed by atoms with van der Waals surface area (Å²) in [5.41, 5.74) is 0.990. The van der Waals surface area contributed by atoms with Gasteiger partial charge in [0.05, 0.1) is 7.11 Å². The molecule has 1 heterocycles. The third-order valence-corrected chi connectivity index (χ3v) is 4.72. The maximum Gasteiger partial charge on any atom is 0.242 e. The van der Waals surface area contributed by atoms with Gasteiger partial charge < -0.3 is 14.5 Å². The lowest BCUT2D eigenvalue weighted by Crippen LogP contribution is -2.48. The van der Waals surface area contributed by atoms with Crippen molar-refractivity contribution in [2.75, 3.05) is 20.2 Å². The quantitative estimate of drug-likeness (QED) is 0.805. The van der Waals surface area contributed by atoms with Gasteiger partial charge in [-0.2, -0.15) is 0 Å². The van der Waals surface area contributed by atoms with Crippen LogP contribution in [0.4, 0.5) is 0 Å². The molecule has 0 saturated carbocycles. The maximum absolute atomic E-state index is 12.7. The van der Waals surface area contributed by atoms with Gasteiger partial charge in [-0.15, -0.1) is 0 Å². The average Bonchev–Trinajstić information content (AvgIpc) is 2.61. The molecule has 1 saturated heterocycles. The van der Waals surface area contributed by atoms with Gasteiger partial charge in [0.2, 0.25) is 11.8 Å². The Morgan fingerprint density at radius 3 is 2.54 bits per heavy atom. The number of benzene rings is 1. The fourth-order valence-electron chi connectivity index (χ4n) is 3.24. The van der Waals surface area contributed by atoms with Crippen molar-refractivity contribution in [3.05, 3.63) is 29.8 Å². The van der Waals surface area contributed by atoms with Crippen LogP contribution in [0, 0.1) is 0 Å². The lowest BCUT2D eigenvalue weighted by Gasteiger charge is -2.36. The minimum absolute atomic E-state index is 0.0604. The van der Waals surface area contributed by atoms with Crippen molar-refractivity contribution in [3.8, 4) is 5.75 Å². The van der Waals surface area contributed by atoms with Gasteiger partial charge in [-0.1, -0.05) is 19.1 Å². The number of amides is 2. The van der Waals surface area contributed by atoms with E-state index in [1.165, 1.54) is 13.3 Å². The zero-order chi connectivity index (χ0) is 17.5. The minimum atomic E-state index is -0.0794. The Labute approximate surface area is 144 Å². The van der Waals surface area contributed by atoms with E-state index < -0.39 is 0 Å². The SMILES string of the molecule is CCC1CCCCN1C(=O)CN(Cc1ccc(OC)cc1)C(C)=O. The van der Waals surface area contributed by atoms with E-state index in [2.05, 4.69) is 6.92 Å². The molecule has 0 radical (unpaired) electrons. The Morgan fingerprint density at radius 2 is 1.96 bits per heavy atom. The van der Waals surface area contributed by atoms with Gasteiger partial charge in [-0.05, 0) is 43.4 Å². The van der Waals surface area contributed by atoms with Crippen molar-refractivity contribution < 1.29 is 14.3 Å². The number of hydrogen-bond acceptors (Lipinski definition) is 3. The van der Waals surface area contributed by atoms with E-state index in [1.807, 2.05) is 29.2 Å². The third kappa shape index (κ3) is 4.73. The van der Waals surface area contributed by atoms with E-state index in [1.54, 1.807) is 12.0 Å². The van der Waals surface area contributed by atoms with Gasteiger partial charge in [0, 0.05) is 26.1 Å². The second-order valence-electron chi connectivity index (χ2n) is 6.37. The van der Waals surface area contributed by atoms with E-state index in [9.17, 15) is 9.59 Å². The standard InChI is InChI=1S/C19H28N2O3/c1-4-17-7-5-6-12-21(17)19(23)14-20(15(2)22)13-16-8-10-18(24-3)11-9-16/h8-11,17H,4-7,12-14H2,1-3H3. The fraction of sp³-hybridized carbons (Fsp3) is 0.579. The maximum atomic E-state index is 12.7. The molecule has 24 heavy (non-hydrogen) atoms. The molecule has 1 fully saturated rings. The molecule has 2 rings (SSSR count). The third-order valence-electron chi connectivity index (χ3n) is 4.72. The van der Waals surface area contributed by atoms with E-state index in [4.69, 9.17) is 4.74 Å². The Hall–Kier alpha value is -2.04.